The molecule has 1 amide bonds. The average molecular weight is 328 g/mol. The molecule has 23 heavy (non-hydrogen) atoms. The molecule has 0 spiro atoms. The van der Waals surface area contributed by atoms with E-state index in [1.54, 1.807) is 30.3 Å². The third-order valence-corrected chi connectivity index (χ3v) is 3.70. The summed E-state index contributed by atoms with van der Waals surface area (Å²) >= 11 is 5.81. The molecule has 2 aromatic carbocycles. The Labute approximate surface area is 137 Å². The van der Waals surface area contributed by atoms with E-state index >= 15 is 0 Å². The molecule has 3 rings (SSSR count). The summed E-state index contributed by atoms with van der Waals surface area (Å²) in [5.74, 6) is -0.251. The summed E-state index contributed by atoms with van der Waals surface area (Å²) in [6.45, 7) is 0.315. The second-order valence-electron chi connectivity index (χ2n) is 5.10. The molecule has 0 radical (unpaired) electrons. The summed E-state index contributed by atoms with van der Waals surface area (Å²) in [6, 6.07) is 14.3. The zero-order chi connectivity index (χ0) is 16.2. The monoisotopic (exact) mass is 327 g/mol. The van der Waals surface area contributed by atoms with E-state index in [1.807, 2.05) is 18.2 Å². The van der Waals surface area contributed by atoms with Gasteiger partial charge in [0, 0.05) is 11.6 Å². The second kappa shape index (κ2) is 6.62. The van der Waals surface area contributed by atoms with Crippen LogP contribution in [-0.4, -0.2) is 15.5 Å². The molecule has 1 N–H and O–H groups in total. The third kappa shape index (κ3) is 3.57. The van der Waals surface area contributed by atoms with E-state index < -0.39 is 0 Å². The molecule has 0 bridgehead atoms. The maximum absolute atomic E-state index is 12.3. The van der Waals surface area contributed by atoms with E-state index in [-0.39, 0.29) is 18.0 Å². The minimum Gasteiger partial charge on any atom is -0.350 e. The van der Waals surface area contributed by atoms with Crippen LogP contribution in [0.2, 0.25) is 5.02 Å². The highest BCUT2D eigenvalue weighted by molar-refractivity contribution is 6.30. The molecule has 0 aliphatic carbocycles. The number of benzene rings is 2. The Kier molecular flexibility index (Phi) is 4.39. The Hall–Kier alpha value is -2.66. The lowest BCUT2D eigenvalue weighted by Gasteiger charge is -2.08. The van der Waals surface area contributed by atoms with Gasteiger partial charge in [0.15, 0.2) is 0 Å². The number of nitrogens with one attached hydrogen (secondary N) is 1. The average Bonchev–Trinajstić information content (AvgIpc) is 2.57. The molecule has 0 saturated heterocycles. The van der Waals surface area contributed by atoms with Gasteiger partial charge in [-0.05, 0) is 29.8 Å². The number of rotatable bonds is 4. The van der Waals surface area contributed by atoms with Crippen molar-refractivity contribution in [3.8, 4) is 0 Å². The van der Waals surface area contributed by atoms with Crippen molar-refractivity contribution in [3.05, 3.63) is 75.8 Å². The van der Waals surface area contributed by atoms with Crippen molar-refractivity contribution in [3.63, 3.8) is 0 Å². The van der Waals surface area contributed by atoms with E-state index in [1.165, 1.54) is 10.9 Å². The summed E-state index contributed by atoms with van der Waals surface area (Å²) in [7, 11) is 0. The van der Waals surface area contributed by atoms with Gasteiger partial charge in [-0.3, -0.25) is 14.2 Å². The molecule has 5 nitrogen and oxygen atoms in total. The summed E-state index contributed by atoms with van der Waals surface area (Å²) in [6.07, 6.45) is 1.40. The summed E-state index contributed by atoms with van der Waals surface area (Å²) < 4.78 is 1.31. The molecule has 0 atom stereocenters. The lowest BCUT2D eigenvalue weighted by Crippen LogP contribution is -2.32. The molecule has 0 unspecified atom stereocenters. The number of carbonyl (C=O) groups is 1. The molecule has 1 aromatic heterocycles. The van der Waals surface area contributed by atoms with Crippen LogP contribution in [0, 0.1) is 0 Å². The Morgan fingerprint density at radius 3 is 2.65 bits per heavy atom. The largest absolute Gasteiger partial charge is 0.350 e. The van der Waals surface area contributed by atoms with E-state index in [2.05, 4.69) is 10.3 Å². The SMILES string of the molecule is O=C(Cn1cnc2ccccc2c1=O)NCc1ccc(Cl)cc1. The Bertz CT molecular complexity index is 904. The molecule has 1 heterocycles. The smallest absolute Gasteiger partial charge is 0.261 e. The molecule has 0 aliphatic rings. The van der Waals surface area contributed by atoms with Crippen LogP contribution in [0.15, 0.2) is 59.7 Å². The van der Waals surface area contributed by atoms with E-state index in [0.717, 1.165) is 5.56 Å². The number of hydrogen-bond acceptors (Lipinski definition) is 3. The zero-order valence-electron chi connectivity index (χ0n) is 12.2. The van der Waals surface area contributed by atoms with Crippen molar-refractivity contribution in [2.24, 2.45) is 0 Å². The lowest BCUT2D eigenvalue weighted by atomic mass is 10.2. The van der Waals surface area contributed by atoms with Crippen LogP contribution < -0.4 is 10.9 Å². The van der Waals surface area contributed by atoms with Crippen molar-refractivity contribution in [2.45, 2.75) is 13.1 Å². The van der Waals surface area contributed by atoms with Crippen molar-refractivity contribution >= 4 is 28.4 Å². The van der Waals surface area contributed by atoms with Crippen molar-refractivity contribution in [1.29, 1.82) is 0 Å². The first-order valence-electron chi connectivity index (χ1n) is 7.09. The van der Waals surface area contributed by atoms with Gasteiger partial charge < -0.3 is 5.32 Å². The zero-order valence-corrected chi connectivity index (χ0v) is 13.0. The van der Waals surface area contributed by atoms with Gasteiger partial charge >= 0.3 is 0 Å². The highest BCUT2D eigenvalue weighted by Gasteiger charge is 2.07. The van der Waals surface area contributed by atoms with E-state index in [4.69, 9.17) is 11.6 Å². The highest BCUT2D eigenvalue weighted by atomic mass is 35.5. The Morgan fingerprint density at radius 2 is 1.87 bits per heavy atom. The number of halogens is 1. The lowest BCUT2D eigenvalue weighted by molar-refractivity contribution is -0.121. The number of fused-ring (bicyclic) bond motifs is 1. The quantitative estimate of drug-likeness (QED) is 0.800. The van der Waals surface area contributed by atoms with Gasteiger partial charge in [0.05, 0.1) is 17.2 Å². The van der Waals surface area contributed by atoms with E-state index in [0.29, 0.717) is 22.5 Å². The van der Waals surface area contributed by atoms with Crippen molar-refractivity contribution < 1.29 is 4.79 Å². The molecule has 6 heteroatoms. The minimum atomic E-state index is -0.251. The number of para-hydroxylation sites is 1. The fourth-order valence-electron chi connectivity index (χ4n) is 2.23. The summed E-state index contributed by atoms with van der Waals surface area (Å²) in [5.41, 5.74) is 1.33. The number of carbonyl (C=O) groups excluding carboxylic acids is 1. The number of hydrogen-bond donors (Lipinski definition) is 1. The Balaban J connectivity index is 1.69. The fraction of sp³-hybridized carbons (Fsp3) is 0.118. The Morgan fingerprint density at radius 1 is 1.13 bits per heavy atom. The first-order valence-corrected chi connectivity index (χ1v) is 7.46. The van der Waals surface area contributed by atoms with Crippen LogP contribution in [0.1, 0.15) is 5.56 Å². The molecule has 0 fully saturated rings. The van der Waals surface area contributed by atoms with Crippen LogP contribution in [-0.2, 0) is 17.9 Å². The first-order chi connectivity index (χ1) is 11.1. The van der Waals surface area contributed by atoms with Crippen LogP contribution in [0.4, 0.5) is 0 Å². The highest BCUT2D eigenvalue weighted by Crippen LogP contribution is 2.09. The predicted octanol–water partition coefficient (Wildman–Crippen LogP) is 2.37. The van der Waals surface area contributed by atoms with Gasteiger partial charge in [-0.2, -0.15) is 0 Å². The third-order valence-electron chi connectivity index (χ3n) is 3.45. The minimum absolute atomic E-state index is 0.0652. The van der Waals surface area contributed by atoms with Gasteiger partial charge in [0.1, 0.15) is 6.54 Å². The number of amides is 1. The summed E-state index contributed by atoms with van der Waals surface area (Å²) in [4.78, 5) is 28.5. The predicted molar refractivity (Wildman–Crippen MR) is 89.3 cm³/mol. The van der Waals surface area contributed by atoms with Gasteiger partial charge in [-0.1, -0.05) is 35.9 Å². The van der Waals surface area contributed by atoms with Crippen LogP contribution in [0.25, 0.3) is 10.9 Å². The number of nitrogens with zero attached hydrogens (tertiary/aromatic N) is 2. The van der Waals surface area contributed by atoms with Crippen molar-refractivity contribution in [2.75, 3.05) is 0 Å². The first kappa shape index (κ1) is 15.2. The molecule has 0 saturated carbocycles. The van der Waals surface area contributed by atoms with Gasteiger partial charge in [0.2, 0.25) is 5.91 Å². The maximum Gasteiger partial charge on any atom is 0.261 e. The molecular formula is C17H14ClN3O2. The number of aromatic nitrogens is 2. The second-order valence-corrected chi connectivity index (χ2v) is 5.53. The molecule has 0 aliphatic heterocycles. The van der Waals surface area contributed by atoms with Crippen LogP contribution >= 0.6 is 11.6 Å². The molecular weight excluding hydrogens is 314 g/mol. The van der Waals surface area contributed by atoms with E-state index in [9.17, 15) is 9.59 Å². The van der Waals surface area contributed by atoms with Gasteiger partial charge in [0.25, 0.3) is 5.56 Å². The topological polar surface area (TPSA) is 64.0 Å². The summed E-state index contributed by atoms with van der Waals surface area (Å²) in [5, 5.41) is 3.92. The van der Waals surface area contributed by atoms with Gasteiger partial charge in [-0.15, -0.1) is 0 Å². The van der Waals surface area contributed by atoms with Crippen molar-refractivity contribution in [1.82, 2.24) is 14.9 Å². The normalized spacial score (nSPS) is 10.7. The maximum atomic E-state index is 12.3. The van der Waals surface area contributed by atoms with Crippen LogP contribution in [0.5, 0.6) is 0 Å². The molecule has 116 valence electrons. The fourth-order valence-corrected chi connectivity index (χ4v) is 2.36. The van der Waals surface area contributed by atoms with Gasteiger partial charge in [-0.25, -0.2) is 4.98 Å². The van der Waals surface area contributed by atoms with Crippen LogP contribution in [0.3, 0.4) is 0 Å². The standard InChI is InChI=1S/C17H14ClN3O2/c18-13-7-5-12(6-8-13)9-19-16(22)10-21-11-20-15-4-2-1-3-14(15)17(21)23/h1-8,11H,9-10H2,(H,19,22). The molecule has 3 aromatic rings.